The molecule has 0 bridgehead atoms. The first-order valence-corrected chi connectivity index (χ1v) is 7.03. The van der Waals surface area contributed by atoms with Crippen LogP contribution in [0.5, 0.6) is 5.88 Å². The lowest BCUT2D eigenvalue weighted by molar-refractivity contribution is -0.159. The summed E-state index contributed by atoms with van der Waals surface area (Å²) in [6.07, 6.45) is -4.77. The number of amides is 1. The molecule has 0 spiro atoms. The number of aromatic nitrogens is 4. The van der Waals surface area contributed by atoms with Crippen LogP contribution < -0.4 is 16.6 Å². The second kappa shape index (κ2) is 6.44. The van der Waals surface area contributed by atoms with Crippen molar-refractivity contribution in [2.45, 2.75) is 6.18 Å². The van der Waals surface area contributed by atoms with Gasteiger partial charge in [-0.1, -0.05) is 5.16 Å². The van der Waals surface area contributed by atoms with Gasteiger partial charge in [0.2, 0.25) is 11.7 Å². The van der Waals surface area contributed by atoms with Crippen molar-refractivity contribution in [1.29, 1.82) is 0 Å². The minimum atomic E-state index is -4.77. The first kappa shape index (κ1) is 17.9. The molecule has 0 aliphatic heterocycles. The van der Waals surface area contributed by atoms with E-state index < -0.39 is 40.7 Å². The maximum absolute atomic E-state index is 12.5. The fourth-order valence-corrected chi connectivity index (χ4v) is 2.04. The number of hydrogen-bond acceptors (Lipinski definition) is 7. The molecule has 0 radical (unpaired) electrons. The van der Waals surface area contributed by atoms with Crippen LogP contribution in [0.15, 0.2) is 38.4 Å². The lowest BCUT2D eigenvalue weighted by Gasteiger charge is -2.06. The van der Waals surface area contributed by atoms with Crippen molar-refractivity contribution in [1.82, 2.24) is 20.1 Å². The number of nitrogens with one attached hydrogen (secondary N) is 3. The summed E-state index contributed by atoms with van der Waals surface area (Å²) in [6.45, 7) is 0. The molecule has 10 nitrogen and oxygen atoms in total. The highest BCUT2D eigenvalue weighted by Crippen LogP contribution is 2.29. The Kier molecular flexibility index (Phi) is 4.27. The molecule has 0 saturated carbocycles. The SMILES string of the molecule is O=C(Nc1ccc(-c2noc(C(F)(F)F)n2)cc1)c1c(O)[nH]c(=O)[nH]c1=O. The molecule has 4 N–H and O–H groups in total. The van der Waals surface area contributed by atoms with E-state index in [9.17, 15) is 32.7 Å². The van der Waals surface area contributed by atoms with E-state index in [0.717, 1.165) is 0 Å². The predicted octanol–water partition coefficient (Wildman–Crippen LogP) is 1.09. The molecule has 2 heterocycles. The van der Waals surface area contributed by atoms with Gasteiger partial charge in [0, 0.05) is 11.3 Å². The van der Waals surface area contributed by atoms with Crippen molar-refractivity contribution in [3.05, 3.63) is 56.6 Å². The first-order chi connectivity index (χ1) is 12.6. The molecule has 2 aromatic heterocycles. The summed E-state index contributed by atoms with van der Waals surface area (Å²) in [5, 5.41) is 15.0. The maximum Gasteiger partial charge on any atom is 0.471 e. The van der Waals surface area contributed by atoms with Crippen molar-refractivity contribution in [2.24, 2.45) is 0 Å². The van der Waals surface area contributed by atoms with Crippen molar-refractivity contribution in [3.8, 4) is 17.3 Å². The van der Waals surface area contributed by atoms with E-state index in [1.54, 1.807) is 4.98 Å². The van der Waals surface area contributed by atoms with Gasteiger partial charge in [-0.2, -0.15) is 18.2 Å². The number of hydrogen-bond donors (Lipinski definition) is 4. The molecular formula is C14H8F3N5O5. The summed E-state index contributed by atoms with van der Waals surface area (Å²) in [7, 11) is 0. The highest BCUT2D eigenvalue weighted by Gasteiger charge is 2.38. The van der Waals surface area contributed by atoms with E-state index in [2.05, 4.69) is 20.0 Å². The van der Waals surface area contributed by atoms with Gasteiger partial charge >= 0.3 is 17.8 Å². The number of carbonyl (C=O) groups is 1. The van der Waals surface area contributed by atoms with E-state index in [1.807, 2.05) is 4.98 Å². The second-order valence-electron chi connectivity index (χ2n) is 5.08. The second-order valence-corrected chi connectivity index (χ2v) is 5.08. The Morgan fingerprint density at radius 2 is 1.81 bits per heavy atom. The van der Waals surface area contributed by atoms with Crippen molar-refractivity contribution in [3.63, 3.8) is 0 Å². The Morgan fingerprint density at radius 3 is 2.37 bits per heavy atom. The van der Waals surface area contributed by atoms with Crippen LogP contribution in [0.3, 0.4) is 0 Å². The summed E-state index contributed by atoms with van der Waals surface area (Å²) in [5.41, 5.74) is -2.48. The quantitative estimate of drug-likeness (QED) is 0.528. The molecule has 0 aliphatic rings. The van der Waals surface area contributed by atoms with Gasteiger partial charge in [0.15, 0.2) is 5.56 Å². The van der Waals surface area contributed by atoms with Gasteiger partial charge in [-0.05, 0) is 24.3 Å². The summed E-state index contributed by atoms with van der Waals surface area (Å²) < 4.78 is 41.5. The molecule has 27 heavy (non-hydrogen) atoms. The normalized spacial score (nSPS) is 11.4. The van der Waals surface area contributed by atoms with Crippen molar-refractivity contribution >= 4 is 11.6 Å². The van der Waals surface area contributed by atoms with Gasteiger partial charge in [0.25, 0.3) is 11.5 Å². The monoisotopic (exact) mass is 383 g/mol. The number of aromatic amines is 2. The van der Waals surface area contributed by atoms with E-state index in [-0.39, 0.29) is 17.1 Å². The number of halogens is 3. The summed E-state index contributed by atoms with van der Waals surface area (Å²) in [6, 6.07) is 5.21. The van der Waals surface area contributed by atoms with Crippen molar-refractivity contribution in [2.75, 3.05) is 5.32 Å². The third-order valence-corrected chi connectivity index (χ3v) is 3.22. The molecule has 3 aromatic rings. The molecule has 0 aliphatic carbocycles. The van der Waals surface area contributed by atoms with Gasteiger partial charge in [-0.15, -0.1) is 0 Å². The first-order valence-electron chi connectivity index (χ1n) is 7.03. The standard InChI is InChI=1S/C14H8F3N5O5/c15-14(16,17)12-19-8(22-27-12)5-1-3-6(4-2-5)18-9(23)7-10(24)20-13(26)21-11(7)25/h1-4H,(H,18,23)(H3,20,21,24,25,26). The van der Waals surface area contributed by atoms with E-state index in [0.29, 0.717) is 0 Å². The molecule has 3 rings (SSSR count). The van der Waals surface area contributed by atoms with Gasteiger partial charge in [0.1, 0.15) is 0 Å². The minimum Gasteiger partial charge on any atom is -0.494 e. The highest BCUT2D eigenvalue weighted by molar-refractivity contribution is 6.05. The largest absolute Gasteiger partial charge is 0.494 e. The summed E-state index contributed by atoms with van der Waals surface area (Å²) in [5.74, 6) is -3.74. The molecule has 0 saturated heterocycles. The zero-order valence-electron chi connectivity index (χ0n) is 12.9. The van der Waals surface area contributed by atoms with Crippen molar-refractivity contribution < 1.29 is 27.6 Å². The number of H-pyrrole nitrogens is 2. The fourth-order valence-electron chi connectivity index (χ4n) is 2.04. The van der Waals surface area contributed by atoms with Crippen LogP contribution in [0.2, 0.25) is 0 Å². The Labute approximate surface area is 145 Å². The molecule has 0 unspecified atom stereocenters. The third-order valence-electron chi connectivity index (χ3n) is 3.22. The average molecular weight is 383 g/mol. The van der Waals surface area contributed by atoms with Gasteiger partial charge in [-0.3, -0.25) is 19.6 Å². The van der Waals surface area contributed by atoms with Crippen LogP contribution >= 0.6 is 0 Å². The van der Waals surface area contributed by atoms with E-state index >= 15 is 0 Å². The number of anilines is 1. The van der Waals surface area contributed by atoms with E-state index in [4.69, 9.17) is 0 Å². The smallest absolute Gasteiger partial charge is 0.471 e. The highest BCUT2D eigenvalue weighted by atomic mass is 19.4. The number of nitrogens with zero attached hydrogens (tertiary/aromatic N) is 2. The topological polar surface area (TPSA) is 154 Å². The van der Waals surface area contributed by atoms with Crippen LogP contribution in [0, 0.1) is 0 Å². The number of rotatable bonds is 3. The molecule has 1 aromatic carbocycles. The fraction of sp³-hybridized carbons (Fsp3) is 0.0714. The Balaban J connectivity index is 1.80. The van der Waals surface area contributed by atoms with Gasteiger partial charge in [-0.25, -0.2) is 4.79 Å². The maximum atomic E-state index is 12.5. The van der Waals surface area contributed by atoms with Gasteiger partial charge < -0.3 is 14.9 Å². The van der Waals surface area contributed by atoms with Gasteiger partial charge in [0.05, 0.1) is 0 Å². The van der Waals surface area contributed by atoms with Crippen LogP contribution in [0.4, 0.5) is 18.9 Å². The number of aromatic hydroxyl groups is 1. The average Bonchev–Trinajstić information content (AvgIpc) is 3.04. The molecule has 0 atom stereocenters. The molecule has 13 heteroatoms. The summed E-state index contributed by atoms with van der Waals surface area (Å²) in [4.78, 5) is 41.5. The van der Waals surface area contributed by atoms with Crippen LogP contribution in [0.25, 0.3) is 11.4 Å². The van der Waals surface area contributed by atoms with Crippen LogP contribution in [-0.4, -0.2) is 31.1 Å². The van der Waals surface area contributed by atoms with Crippen LogP contribution in [0.1, 0.15) is 16.2 Å². The lowest BCUT2D eigenvalue weighted by Crippen LogP contribution is -2.30. The summed E-state index contributed by atoms with van der Waals surface area (Å²) >= 11 is 0. The third kappa shape index (κ3) is 3.70. The molecule has 140 valence electrons. The number of benzene rings is 1. The minimum absolute atomic E-state index is 0.147. The Morgan fingerprint density at radius 1 is 1.15 bits per heavy atom. The van der Waals surface area contributed by atoms with E-state index in [1.165, 1.54) is 24.3 Å². The number of carbonyl (C=O) groups excluding carboxylic acids is 1. The van der Waals surface area contributed by atoms with Crippen LogP contribution in [-0.2, 0) is 6.18 Å². The molecular weight excluding hydrogens is 375 g/mol. The molecule has 0 fully saturated rings. The molecule has 1 amide bonds. The zero-order valence-corrected chi connectivity index (χ0v) is 12.9. The Hall–Kier alpha value is -3.90. The Bertz CT molecular complexity index is 1110. The predicted molar refractivity (Wildman–Crippen MR) is 82.0 cm³/mol. The lowest BCUT2D eigenvalue weighted by atomic mass is 10.2. The number of alkyl halides is 3. The zero-order chi connectivity index (χ0) is 19.8.